The Kier molecular flexibility index (Phi) is 5.68. The summed E-state index contributed by atoms with van der Waals surface area (Å²) < 4.78 is 36.0. The number of sulfone groups is 1. The zero-order valence-corrected chi connectivity index (χ0v) is 11.5. The predicted molar refractivity (Wildman–Crippen MR) is 69.6 cm³/mol. The van der Waals surface area contributed by atoms with E-state index in [1.54, 1.807) is 6.07 Å². The summed E-state index contributed by atoms with van der Waals surface area (Å²) in [6.45, 7) is 2.72. The quantitative estimate of drug-likeness (QED) is 0.822. The molecular weight excluding hydrogens is 255 g/mol. The number of aromatic nitrogens is 1. The summed E-state index contributed by atoms with van der Waals surface area (Å²) in [6, 6.07) is 1.30. The minimum absolute atomic E-state index is 0.0378. The van der Waals surface area contributed by atoms with Crippen LogP contribution in [-0.2, 0) is 9.84 Å². The van der Waals surface area contributed by atoms with E-state index in [-0.39, 0.29) is 11.8 Å². The molecule has 1 unspecified atom stereocenters. The van der Waals surface area contributed by atoms with Gasteiger partial charge in [-0.1, -0.05) is 6.92 Å². The second kappa shape index (κ2) is 6.80. The third-order valence-electron chi connectivity index (χ3n) is 2.60. The van der Waals surface area contributed by atoms with Crippen LogP contribution >= 0.6 is 0 Å². The molecule has 0 aromatic carbocycles. The lowest BCUT2D eigenvalue weighted by atomic mass is 10.1. The first-order valence-electron chi connectivity index (χ1n) is 5.94. The van der Waals surface area contributed by atoms with Gasteiger partial charge in [-0.05, 0) is 25.5 Å². The van der Waals surface area contributed by atoms with Crippen LogP contribution in [-0.4, -0.2) is 32.0 Å². The van der Waals surface area contributed by atoms with Crippen molar-refractivity contribution in [3.05, 3.63) is 29.8 Å². The molecule has 18 heavy (non-hydrogen) atoms. The van der Waals surface area contributed by atoms with Gasteiger partial charge in [-0.25, -0.2) is 12.8 Å². The number of halogens is 1. The molecular formula is C12H19FN2O2S. The van der Waals surface area contributed by atoms with Crippen molar-refractivity contribution in [1.29, 1.82) is 0 Å². The van der Waals surface area contributed by atoms with Gasteiger partial charge in [0.1, 0.15) is 15.7 Å². The monoisotopic (exact) mass is 274 g/mol. The number of nitrogens with zero attached hydrogens (tertiary/aromatic N) is 1. The van der Waals surface area contributed by atoms with Gasteiger partial charge in [0, 0.05) is 24.1 Å². The molecule has 1 atom stereocenters. The number of hydrogen-bond acceptors (Lipinski definition) is 4. The lowest BCUT2D eigenvalue weighted by Crippen LogP contribution is -2.25. The molecule has 0 bridgehead atoms. The molecule has 0 saturated carbocycles. The zero-order chi connectivity index (χ0) is 13.6. The van der Waals surface area contributed by atoms with E-state index < -0.39 is 15.7 Å². The molecule has 1 aromatic rings. The van der Waals surface area contributed by atoms with E-state index in [4.69, 9.17) is 0 Å². The fourth-order valence-corrected chi connectivity index (χ4v) is 2.35. The molecule has 1 N–H and O–H groups in total. The van der Waals surface area contributed by atoms with Crippen LogP contribution in [0.5, 0.6) is 0 Å². The number of rotatable bonds is 7. The summed E-state index contributed by atoms with van der Waals surface area (Å²) in [5, 5.41) is 3.17. The van der Waals surface area contributed by atoms with Crippen LogP contribution in [0.15, 0.2) is 18.5 Å². The molecule has 0 aliphatic heterocycles. The van der Waals surface area contributed by atoms with Crippen molar-refractivity contribution in [3.63, 3.8) is 0 Å². The van der Waals surface area contributed by atoms with E-state index in [1.807, 2.05) is 6.92 Å². The highest BCUT2D eigenvalue weighted by Crippen LogP contribution is 2.19. The van der Waals surface area contributed by atoms with E-state index in [2.05, 4.69) is 10.3 Å². The van der Waals surface area contributed by atoms with Crippen molar-refractivity contribution < 1.29 is 12.8 Å². The Hall–Kier alpha value is -1.01. The van der Waals surface area contributed by atoms with Crippen LogP contribution in [0.1, 0.15) is 31.4 Å². The number of nitrogens with one attached hydrogen (secondary N) is 1. The van der Waals surface area contributed by atoms with Crippen LogP contribution < -0.4 is 5.32 Å². The molecule has 0 fully saturated rings. The van der Waals surface area contributed by atoms with E-state index in [1.165, 1.54) is 12.5 Å². The van der Waals surface area contributed by atoms with E-state index >= 15 is 0 Å². The predicted octanol–water partition coefficient (Wildman–Crippen LogP) is 1.70. The van der Waals surface area contributed by atoms with Gasteiger partial charge in [0.2, 0.25) is 0 Å². The molecule has 0 radical (unpaired) electrons. The molecule has 1 aromatic heterocycles. The molecule has 0 amide bonds. The Morgan fingerprint density at radius 3 is 2.78 bits per heavy atom. The Balaban J connectivity index is 2.81. The van der Waals surface area contributed by atoms with Crippen molar-refractivity contribution in [3.8, 4) is 0 Å². The van der Waals surface area contributed by atoms with Gasteiger partial charge in [0.25, 0.3) is 0 Å². The van der Waals surface area contributed by atoms with Gasteiger partial charge in [0.05, 0.1) is 11.9 Å². The van der Waals surface area contributed by atoms with Crippen LogP contribution in [0, 0.1) is 5.82 Å². The third-order valence-corrected chi connectivity index (χ3v) is 3.57. The summed E-state index contributed by atoms with van der Waals surface area (Å²) in [5.41, 5.74) is 0.474. The SMILES string of the molecule is CCCNC(CCS(C)(=O)=O)c1ccncc1F. The molecule has 6 heteroatoms. The maximum absolute atomic E-state index is 13.6. The molecule has 0 aliphatic rings. The first-order chi connectivity index (χ1) is 8.44. The average molecular weight is 274 g/mol. The number of hydrogen-bond donors (Lipinski definition) is 1. The normalized spacial score (nSPS) is 13.5. The maximum atomic E-state index is 13.6. The largest absolute Gasteiger partial charge is 0.310 e. The van der Waals surface area contributed by atoms with E-state index in [0.29, 0.717) is 12.0 Å². The fourth-order valence-electron chi connectivity index (χ4n) is 1.69. The van der Waals surface area contributed by atoms with Crippen molar-refractivity contribution in [2.75, 3.05) is 18.6 Å². The van der Waals surface area contributed by atoms with Crippen LogP contribution in [0.4, 0.5) is 4.39 Å². The van der Waals surface area contributed by atoms with Crippen molar-refractivity contribution in [2.24, 2.45) is 0 Å². The van der Waals surface area contributed by atoms with E-state index in [0.717, 1.165) is 19.2 Å². The summed E-state index contributed by atoms with van der Waals surface area (Å²) >= 11 is 0. The molecule has 0 saturated heterocycles. The minimum Gasteiger partial charge on any atom is -0.310 e. The standard InChI is InChI=1S/C12H19FN2O2S/c1-3-6-15-12(5-8-18(2,16)17)10-4-7-14-9-11(10)13/h4,7,9,12,15H,3,5-6,8H2,1-2H3. The smallest absolute Gasteiger partial charge is 0.147 e. The summed E-state index contributed by atoms with van der Waals surface area (Å²) in [4.78, 5) is 3.70. The van der Waals surface area contributed by atoms with Crippen molar-refractivity contribution >= 4 is 9.84 Å². The highest BCUT2D eigenvalue weighted by molar-refractivity contribution is 7.90. The molecule has 4 nitrogen and oxygen atoms in total. The van der Waals surface area contributed by atoms with Gasteiger partial charge in [-0.15, -0.1) is 0 Å². The lowest BCUT2D eigenvalue weighted by molar-refractivity contribution is 0.484. The Morgan fingerprint density at radius 1 is 1.50 bits per heavy atom. The summed E-state index contributed by atoms with van der Waals surface area (Å²) in [6.07, 6.45) is 5.12. The summed E-state index contributed by atoms with van der Waals surface area (Å²) in [5.74, 6) is -0.365. The second-order valence-electron chi connectivity index (χ2n) is 4.32. The Labute approximate surface area is 108 Å². The fraction of sp³-hybridized carbons (Fsp3) is 0.583. The molecule has 102 valence electrons. The first-order valence-corrected chi connectivity index (χ1v) is 8.00. The average Bonchev–Trinajstić information content (AvgIpc) is 2.29. The van der Waals surface area contributed by atoms with Crippen LogP contribution in [0.25, 0.3) is 0 Å². The minimum atomic E-state index is -3.04. The second-order valence-corrected chi connectivity index (χ2v) is 6.58. The van der Waals surface area contributed by atoms with Gasteiger partial charge >= 0.3 is 0 Å². The molecule has 1 heterocycles. The Morgan fingerprint density at radius 2 is 2.22 bits per heavy atom. The van der Waals surface area contributed by atoms with Crippen molar-refractivity contribution in [1.82, 2.24) is 10.3 Å². The van der Waals surface area contributed by atoms with Crippen LogP contribution in [0.2, 0.25) is 0 Å². The molecule has 0 spiro atoms. The van der Waals surface area contributed by atoms with E-state index in [9.17, 15) is 12.8 Å². The van der Waals surface area contributed by atoms with Crippen LogP contribution in [0.3, 0.4) is 0 Å². The van der Waals surface area contributed by atoms with Gasteiger partial charge < -0.3 is 5.32 Å². The topological polar surface area (TPSA) is 59.1 Å². The van der Waals surface area contributed by atoms with Gasteiger partial charge in [-0.2, -0.15) is 0 Å². The number of pyridine rings is 1. The Bertz CT molecular complexity index is 477. The molecule has 1 rings (SSSR count). The van der Waals surface area contributed by atoms with Gasteiger partial charge in [-0.3, -0.25) is 4.98 Å². The molecule has 0 aliphatic carbocycles. The lowest BCUT2D eigenvalue weighted by Gasteiger charge is -2.18. The highest BCUT2D eigenvalue weighted by Gasteiger charge is 2.17. The first kappa shape index (κ1) is 15.0. The zero-order valence-electron chi connectivity index (χ0n) is 10.7. The van der Waals surface area contributed by atoms with Crippen molar-refractivity contribution in [2.45, 2.75) is 25.8 Å². The maximum Gasteiger partial charge on any atom is 0.147 e. The highest BCUT2D eigenvalue weighted by atomic mass is 32.2. The third kappa shape index (κ3) is 5.10. The van der Waals surface area contributed by atoms with Gasteiger partial charge in [0.15, 0.2) is 0 Å². The summed E-state index contributed by atoms with van der Waals surface area (Å²) in [7, 11) is -3.04.